The molecule has 0 spiro atoms. The molecule has 1 saturated heterocycles. The van der Waals surface area contributed by atoms with Crippen molar-refractivity contribution in [2.24, 2.45) is 0 Å². The molecule has 1 aromatic heterocycles. The van der Waals surface area contributed by atoms with Crippen molar-refractivity contribution in [1.29, 1.82) is 0 Å². The topological polar surface area (TPSA) is 69.6 Å². The summed E-state index contributed by atoms with van der Waals surface area (Å²) in [5, 5.41) is 0. The molecule has 0 amide bonds. The summed E-state index contributed by atoms with van der Waals surface area (Å²) in [5.41, 5.74) is 3.69. The highest BCUT2D eigenvalue weighted by Crippen LogP contribution is 2.33. The van der Waals surface area contributed by atoms with Crippen LogP contribution in [0.5, 0.6) is 0 Å². The molecule has 2 aliphatic heterocycles. The van der Waals surface area contributed by atoms with Gasteiger partial charge in [-0.1, -0.05) is 30.3 Å². The molecular formula is C23H33N5O2S. The van der Waals surface area contributed by atoms with Gasteiger partial charge in [-0.15, -0.1) is 0 Å². The van der Waals surface area contributed by atoms with Crippen molar-refractivity contribution in [2.45, 2.75) is 44.9 Å². The molecule has 2 aromatic rings. The van der Waals surface area contributed by atoms with Gasteiger partial charge in [0.05, 0.1) is 0 Å². The zero-order chi connectivity index (χ0) is 22.0. The molecule has 3 heterocycles. The second-order valence-corrected chi connectivity index (χ2v) is 10.9. The smallest absolute Gasteiger partial charge is 0.281 e. The second kappa shape index (κ2) is 9.22. The van der Waals surface area contributed by atoms with Crippen molar-refractivity contribution in [1.82, 2.24) is 18.6 Å². The Hall–Kier alpha value is -2.03. The van der Waals surface area contributed by atoms with Gasteiger partial charge in [-0.2, -0.15) is 17.0 Å². The number of nitrogens with zero attached hydrogens (tertiary/aromatic N) is 5. The van der Waals surface area contributed by atoms with E-state index in [-0.39, 0.29) is 5.92 Å². The Morgan fingerprint density at radius 1 is 1.06 bits per heavy atom. The second-order valence-electron chi connectivity index (χ2n) is 8.76. The third-order valence-electron chi connectivity index (χ3n) is 6.48. The lowest BCUT2D eigenvalue weighted by molar-refractivity contribution is 0.297. The van der Waals surface area contributed by atoms with Gasteiger partial charge in [0.2, 0.25) is 0 Å². The maximum absolute atomic E-state index is 12.4. The number of rotatable bonds is 6. The van der Waals surface area contributed by atoms with E-state index in [1.807, 2.05) is 0 Å². The van der Waals surface area contributed by atoms with Gasteiger partial charge in [0, 0.05) is 57.4 Å². The van der Waals surface area contributed by atoms with E-state index in [4.69, 9.17) is 9.97 Å². The minimum atomic E-state index is -3.35. The summed E-state index contributed by atoms with van der Waals surface area (Å²) >= 11 is 0. The van der Waals surface area contributed by atoms with Crippen LogP contribution in [0.15, 0.2) is 30.3 Å². The number of piperidine rings is 1. The van der Waals surface area contributed by atoms with Crippen molar-refractivity contribution >= 4 is 16.0 Å². The van der Waals surface area contributed by atoms with Crippen LogP contribution in [-0.2, 0) is 23.1 Å². The molecule has 4 rings (SSSR count). The Labute approximate surface area is 186 Å². The summed E-state index contributed by atoms with van der Waals surface area (Å²) in [6.07, 6.45) is 4.68. The first-order chi connectivity index (χ1) is 14.9. The minimum Gasteiger partial charge on any atom is -0.356 e. The number of benzene rings is 1. The van der Waals surface area contributed by atoms with E-state index < -0.39 is 10.2 Å². The van der Waals surface area contributed by atoms with Gasteiger partial charge in [0.15, 0.2) is 0 Å². The van der Waals surface area contributed by atoms with Crippen LogP contribution in [0.2, 0.25) is 0 Å². The molecule has 0 saturated carbocycles. The highest BCUT2D eigenvalue weighted by Gasteiger charge is 2.32. The van der Waals surface area contributed by atoms with Crippen LogP contribution in [0.25, 0.3) is 0 Å². The van der Waals surface area contributed by atoms with Crippen LogP contribution in [0.4, 0.5) is 5.82 Å². The Morgan fingerprint density at radius 3 is 2.45 bits per heavy atom. The number of aryl methyl sites for hydroxylation is 1. The zero-order valence-corrected chi connectivity index (χ0v) is 19.6. The van der Waals surface area contributed by atoms with Crippen molar-refractivity contribution in [2.75, 3.05) is 45.2 Å². The number of hydrogen-bond acceptors (Lipinski definition) is 5. The largest absolute Gasteiger partial charge is 0.356 e. The Bertz CT molecular complexity index is 1000. The Balaban J connectivity index is 1.50. The Morgan fingerprint density at radius 2 is 1.77 bits per heavy atom. The van der Waals surface area contributed by atoms with E-state index in [0.717, 1.165) is 62.5 Å². The lowest BCUT2D eigenvalue weighted by Gasteiger charge is -2.34. The molecule has 2 aliphatic rings. The summed E-state index contributed by atoms with van der Waals surface area (Å²) in [4.78, 5) is 12.3. The van der Waals surface area contributed by atoms with Crippen LogP contribution < -0.4 is 4.90 Å². The fourth-order valence-corrected chi connectivity index (χ4v) is 5.73. The molecule has 0 atom stereocenters. The molecule has 0 bridgehead atoms. The zero-order valence-electron chi connectivity index (χ0n) is 18.8. The fourth-order valence-electron chi connectivity index (χ4n) is 4.59. The van der Waals surface area contributed by atoms with Crippen LogP contribution in [0.1, 0.15) is 47.8 Å². The van der Waals surface area contributed by atoms with E-state index in [9.17, 15) is 8.42 Å². The molecule has 0 aliphatic carbocycles. The van der Waals surface area contributed by atoms with Crippen LogP contribution in [-0.4, -0.2) is 67.3 Å². The normalized spacial score (nSPS) is 18.4. The van der Waals surface area contributed by atoms with Crippen molar-refractivity contribution in [3.05, 3.63) is 53.0 Å². The molecule has 8 heteroatoms. The van der Waals surface area contributed by atoms with E-state index in [2.05, 4.69) is 42.2 Å². The Kier molecular flexibility index (Phi) is 6.60. The molecule has 7 nitrogen and oxygen atoms in total. The molecule has 0 radical (unpaired) electrons. The predicted molar refractivity (Wildman–Crippen MR) is 124 cm³/mol. The summed E-state index contributed by atoms with van der Waals surface area (Å²) in [6, 6.07) is 10.6. The van der Waals surface area contributed by atoms with Crippen molar-refractivity contribution in [3.8, 4) is 0 Å². The van der Waals surface area contributed by atoms with E-state index in [0.29, 0.717) is 13.1 Å². The third-order valence-corrected chi connectivity index (χ3v) is 8.42. The maximum Gasteiger partial charge on any atom is 0.281 e. The molecule has 31 heavy (non-hydrogen) atoms. The molecule has 1 aromatic carbocycles. The third kappa shape index (κ3) is 4.76. The van der Waals surface area contributed by atoms with Gasteiger partial charge >= 0.3 is 0 Å². The highest BCUT2D eigenvalue weighted by atomic mass is 32.2. The first kappa shape index (κ1) is 22.2. The summed E-state index contributed by atoms with van der Waals surface area (Å²) in [5.74, 6) is 2.17. The van der Waals surface area contributed by atoms with Gasteiger partial charge in [-0.05, 0) is 44.6 Å². The quantitative estimate of drug-likeness (QED) is 0.687. The number of aromatic nitrogens is 2. The average molecular weight is 444 g/mol. The van der Waals surface area contributed by atoms with Crippen LogP contribution in [0.3, 0.4) is 0 Å². The predicted octanol–water partition coefficient (Wildman–Crippen LogP) is 2.77. The summed E-state index contributed by atoms with van der Waals surface area (Å²) < 4.78 is 27.7. The standard InChI is InChI=1S/C23H33N5O2S/c1-18-21-10-7-14-27(15-11-19-8-5-4-6-9-19)23(21)25-22(24-18)20-12-16-28(17-13-20)31(29,30)26(2)3/h4-6,8-9,20H,7,10-17H2,1-3H3. The van der Waals surface area contributed by atoms with Gasteiger partial charge in [-0.25, -0.2) is 9.97 Å². The molecule has 1 fully saturated rings. The van der Waals surface area contributed by atoms with E-state index >= 15 is 0 Å². The number of hydrogen-bond donors (Lipinski definition) is 0. The average Bonchev–Trinajstić information content (AvgIpc) is 2.78. The number of fused-ring (bicyclic) bond motifs is 1. The number of anilines is 1. The first-order valence-electron chi connectivity index (χ1n) is 11.2. The van der Waals surface area contributed by atoms with Gasteiger partial charge < -0.3 is 4.90 Å². The molecule has 0 N–H and O–H groups in total. The molecule has 0 unspecified atom stereocenters. The fraction of sp³-hybridized carbons (Fsp3) is 0.565. The van der Waals surface area contributed by atoms with Crippen molar-refractivity contribution < 1.29 is 8.42 Å². The van der Waals surface area contributed by atoms with E-state index in [1.54, 1.807) is 18.4 Å². The van der Waals surface area contributed by atoms with Gasteiger partial charge in [-0.3, -0.25) is 0 Å². The summed E-state index contributed by atoms with van der Waals surface area (Å²) in [7, 11) is -0.184. The van der Waals surface area contributed by atoms with Gasteiger partial charge in [0.25, 0.3) is 10.2 Å². The maximum atomic E-state index is 12.4. The first-order valence-corrected chi connectivity index (χ1v) is 12.6. The lowest BCUT2D eigenvalue weighted by atomic mass is 9.96. The highest BCUT2D eigenvalue weighted by molar-refractivity contribution is 7.86. The minimum absolute atomic E-state index is 0.204. The van der Waals surface area contributed by atoms with Gasteiger partial charge in [0.1, 0.15) is 11.6 Å². The summed E-state index contributed by atoms with van der Waals surface area (Å²) in [6.45, 7) is 5.10. The van der Waals surface area contributed by atoms with E-state index in [1.165, 1.54) is 15.4 Å². The van der Waals surface area contributed by atoms with Crippen LogP contribution in [0, 0.1) is 6.92 Å². The molecule has 168 valence electrons. The lowest BCUT2D eigenvalue weighted by Crippen LogP contribution is -2.44. The van der Waals surface area contributed by atoms with Crippen LogP contribution >= 0.6 is 0 Å². The monoisotopic (exact) mass is 443 g/mol. The SMILES string of the molecule is Cc1nc(C2CCN(S(=O)(=O)N(C)C)CC2)nc2c1CCCN2CCc1ccccc1. The molecular weight excluding hydrogens is 410 g/mol. The van der Waals surface area contributed by atoms with Crippen molar-refractivity contribution in [3.63, 3.8) is 0 Å².